The van der Waals surface area contributed by atoms with Gasteiger partial charge in [0.1, 0.15) is 5.75 Å². The fourth-order valence-corrected chi connectivity index (χ4v) is 5.91. The molecule has 4 rings (SSSR count). The lowest BCUT2D eigenvalue weighted by Gasteiger charge is -2.23. The largest absolute Gasteiger partial charge is 0.497 e. The number of carboxylic acids is 1. The SMILES string of the molecule is COc1ccc(-c2ccc(C(F)(F)CC(CC(O)CSc3nc4ccccc4s3)C(=O)O)cc2)cc1. The lowest BCUT2D eigenvalue weighted by atomic mass is 9.91. The summed E-state index contributed by atoms with van der Waals surface area (Å²) in [6.07, 6.45) is -2.23. The molecule has 0 bridgehead atoms. The summed E-state index contributed by atoms with van der Waals surface area (Å²) in [7, 11) is 1.57. The number of ether oxygens (including phenoxy) is 1. The molecule has 4 aromatic rings. The van der Waals surface area contributed by atoms with Crippen LogP contribution in [-0.2, 0) is 10.7 Å². The number of hydrogen-bond donors (Lipinski definition) is 2. The van der Waals surface area contributed by atoms with Gasteiger partial charge in [0.25, 0.3) is 5.92 Å². The van der Waals surface area contributed by atoms with E-state index in [4.69, 9.17) is 4.74 Å². The standard InChI is InChI=1S/C27H25F2NO4S2/c1-34-22-12-8-18(9-13-22)17-6-10-20(11-7-17)27(28,29)15-19(25(32)33)14-21(31)16-35-26-30-23-4-2-3-5-24(23)36-26/h2-13,19,21,31H,14-16H2,1H3,(H,32,33). The molecule has 188 valence electrons. The molecule has 0 aliphatic carbocycles. The van der Waals surface area contributed by atoms with Gasteiger partial charge in [0, 0.05) is 17.7 Å². The maximum atomic E-state index is 15.0. The first-order chi connectivity index (χ1) is 17.2. The van der Waals surface area contributed by atoms with Gasteiger partial charge >= 0.3 is 5.97 Å². The van der Waals surface area contributed by atoms with Gasteiger partial charge in [0.2, 0.25) is 0 Å². The smallest absolute Gasteiger partial charge is 0.306 e. The molecular formula is C27H25F2NO4S2. The van der Waals surface area contributed by atoms with E-state index in [0.717, 1.165) is 25.7 Å². The molecule has 0 radical (unpaired) electrons. The minimum absolute atomic E-state index is 0.172. The molecule has 1 aromatic heterocycles. The highest BCUT2D eigenvalue weighted by Gasteiger charge is 2.38. The van der Waals surface area contributed by atoms with Crippen molar-refractivity contribution in [1.29, 1.82) is 0 Å². The molecular weight excluding hydrogens is 504 g/mol. The third kappa shape index (κ3) is 6.40. The van der Waals surface area contributed by atoms with E-state index < -0.39 is 30.3 Å². The van der Waals surface area contributed by atoms with Gasteiger partial charge in [0.05, 0.1) is 29.3 Å². The molecule has 3 aromatic carbocycles. The van der Waals surface area contributed by atoms with Crippen molar-refractivity contribution < 1.29 is 28.5 Å². The number of benzene rings is 3. The van der Waals surface area contributed by atoms with E-state index in [1.807, 2.05) is 36.4 Å². The second-order valence-corrected chi connectivity index (χ2v) is 10.7. The van der Waals surface area contributed by atoms with Crippen LogP contribution in [0.4, 0.5) is 8.78 Å². The van der Waals surface area contributed by atoms with E-state index in [1.54, 1.807) is 31.4 Å². The molecule has 2 unspecified atom stereocenters. The molecule has 36 heavy (non-hydrogen) atoms. The van der Waals surface area contributed by atoms with Gasteiger partial charge in [-0.3, -0.25) is 4.79 Å². The number of nitrogens with zero attached hydrogens (tertiary/aromatic N) is 1. The van der Waals surface area contributed by atoms with Crippen molar-refractivity contribution in [2.75, 3.05) is 12.9 Å². The van der Waals surface area contributed by atoms with Gasteiger partial charge < -0.3 is 14.9 Å². The maximum Gasteiger partial charge on any atom is 0.306 e. The van der Waals surface area contributed by atoms with Crippen LogP contribution >= 0.6 is 23.1 Å². The number of carboxylic acid groups (broad SMARTS) is 1. The summed E-state index contributed by atoms with van der Waals surface area (Å²) in [5, 5.41) is 20.0. The number of para-hydroxylation sites is 1. The zero-order valence-electron chi connectivity index (χ0n) is 19.4. The van der Waals surface area contributed by atoms with E-state index in [9.17, 15) is 15.0 Å². The topological polar surface area (TPSA) is 79.7 Å². The van der Waals surface area contributed by atoms with Gasteiger partial charge in [-0.2, -0.15) is 0 Å². The molecule has 1 heterocycles. The van der Waals surface area contributed by atoms with Gasteiger partial charge in [-0.1, -0.05) is 60.3 Å². The minimum Gasteiger partial charge on any atom is -0.497 e. The Morgan fingerprint density at radius 2 is 1.69 bits per heavy atom. The van der Waals surface area contributed by atoms with Crippen LogP contribution in [0.1, 0.15) is 18.4 Å². The van der Waals surface area contributed by atoms with Gasteiger partial charge in [-0.15, -0.1) is 11.3 Å². The van der Waals surface area contributed by atoms with Crippen LogP contribution < -0.4 is 4.74 Å². The zero-order valence-corrected chi connectivity index (χ0v) is 21.1. The molecule has 0 spiro atoms. The highest BCUT2D eigenvalue weighted by molar-refractivity contribution is 8.01. The Balaban J connectivity index is 1.37. The van der Waals surface area contributed by atoms with Crippen LogP contribution in [0, 0.1) is 5.92 Å². The van der Waals surface area contributed by atoms with E-state index in [0.29, 0.717) is 5.75 Å². The molecule has 0 amide bonds. The summed E-state index contributed by atoms with van der Waals surface area (Å²) >= 11 is 2.76. The Bertz CT molecular complexity index is 1280. The number of thioether (sulfide) groups is 1. The van der Waals surface area contributed by atoms with E-state index >= 15 is 8.78 Å². The number of aliphatic hydroxyl groups excluding tert-OH is 1. The van der Waals surface area contributed by atoms with Crippen LogP contribution in [-0.4, -0.2) is 40.1 Å². The second-order valence-electron chi connectivity index (χ2n) is 8.40. The van der Waals surface area contributed by atoms with Crippen molar-refractivity contribution in [3.05, 3.63) is 78.4 Å². The van der Waals surface area contributed by atoms with Crippen molar-refractivity contribution in [2.24, 2.45) is 5.92 Å². The monoisotopic (exact) mass is 529 g/mol. The van der Waals surface area contributed by atoms with Crippen LogP contribution in [0.25, 0.3) is 21.3 Å². The highest BCUT2D eigenvalue weighted by atomic mass is 32.2. The lowest BCUT2D eigenvalue weighted by Crippen LogP contribution is -2.28. The van der Waals surface area contributed by atoms with Gasteiger partial charge in [-0.05, 0) is 41.8 Å². The summed E-state index contributed by atoms with van der Waals surface area (Å²) in [6, 6.07) is 20.7. The molecule has 0 aliphatic heterocycles. The lowest BCUT2D eigenvalue weighted by molar-refractivity contribution is -0.147. The normalized spacial score (nSPS) is 13.4. The molecule has 9 heteroatoms. The quantitative estimate of drug-likeness (QED) is 0.211. The maximum absolute atomic E-state index is 15.0. The Kier molecular flexibility index (Phi) is 8.23. The van der Waals surface area contributed by atoms with E-state index in [2.05, 4.69) is 4.98 Å². The Labute approximate surface area is 215 Å². The minimum atomic E-state index is -3.36. The summed E-state index contributed by atoms with van der Waals surface area (Å²) in [5.74, 6) is -5.24. The fraction of sp³-hybridized carbons (Fsp3) is 0.259. The van der Waals surface area contributed by atoms with Gasteiger partial charge in [0.15, 0.2) is 4.34 Å². The number of thiazole rings is 1. The molecule has 0 saturated heterocycles. The number of hydrogen-bond acceptors (Lipinski definition) is 6. The third-order valence-corrected chi connectivity index (χ3v) is 8.14. The number of alkyl halides is 2. The third-order valence-electron chi connectivity index (χ3n) is 5.81. The number of fused-ring (bicyclic) bond motifs is 1. The average molecular weight is 530 g/mol. The van der Waals surface area contributed by atoms with Crippen LogP contribution in [0.3, 0.4) is 0 Å². The Morgan fingerprint density at radius 1 is 1.06 bits per heavy atom. The van der Waals surface area contributed by atoms with Crippen LogP contribution in [0.5, 0.6) is 5.75 Å². The number of aromatic nitrogens is 1. The molecule has 2 atom stereocenters. The molecule has 2 N–H and O–H groups in total. The Hall–Kier alpha value is -3.01. The zero-order chi connectivity index (χ0) is 25.7. The second kappa shape index (κ2) is 11.4. The van der Waals surface area contributed by atoms with Crippen molar-refractivity contribution in [3.63, 3.8) is 0 Å². The predicted molar refractivity (Wildman–Crippen MR) is 139 cm³/mol. The first-order valence-corrected chi connectivity index (χ1v) is 13.1. The number of aliphatic hydroxyl groups is 1. The van der Waals surface area contributed by atoms with Crippen molar-refractivity contribution in [2.45, 2.75) is 29.2 Å². The fourth-order valence-electron chi connectivity index (χ4n) is 3.87. The molecule has 0 aliphatic rings. The van der Waals surface area contributed by atoms with Crippen molar-refractivity contribution in [1.82, 2.24) is 4.98 Å². The Morgan fingerprint density at radius 3 is 2.31 bits per heavy atom. The number of halogens is 2. The first kappa shape index (κ1) is 26.1. The summed E-state index contributed by atoms with van der Waals surface area (Å²) in [4.78, 5) is 16.2. The number of aliphatic carboxylic acids is 1. The van der Waals surface area contributed by atoms with Crippen LogP contribution in [0.2, 0.25) is 0 Å². The molecule has 0 saturated carbocycles. The summed E-state index contributed by atoms with van der Waals surface area (Å²) in [5.41, 5.74) is 2.20. The number of carbonyl (C=O) groups is 1. The summed E-state index contributed by atoms with van der Waals surface area (Å²) < 4.78 is 37.0. The van der Waals surface area contributed by atoms with Gasteiger partial charge in [-0.25, -0.2) is 13.8 Å². The molecule has 5 nitrogen and oxygen atoms in total. The predicted octanol–water partition coefficient (Wildman–Crippen LogP) is 6.70. The van der Waals surface area contributed by atoms with Crippen LogP contribution in [0.15, 0.2) is 77.1 Å². The van der Waals surface area contributed by atoms with E-state index in [-0.39, 0.29) is 17.7 Å². The molecule has 0 fully saturated rings. The number of rotatable bonds is 11. The summed E-state index contributed by atoms with van der Waals surface area (Å²) in [6.45, 7) is 0. The van der Waals surface area contributed by atoms with Crippen molar-refractivity contribution >= 4 is 39.3 Å². The number of methoxy groups -OCH3 is 1. The average Bonchev–Trinajstić information content (AvgIpc) is 3.30. The van der Waals surface area contributed by atoms with E-state index in [1.165, 1.54) is 35.2 Å². The van der Waals surface area contributed by atoms with Crippen molar-refractivity contribution in [3.8, 4) is 16.9 Å². The first-order valence-electron chi connectivity index (χ1n) is 11.3. The highest BCUT2D eigenvalue weighted by Crippen LogP contribution is 2.38.